The van der Waals surface area contributed by atoms with Crippen molar-refractivity contribution in [2.75, 3.05) is 6.61 Å². The summed E-state index contributed by atoms with van der Waals surface area (Å²) in [6.07, 6.45) is -5.90. The highest BCUT2D eigenvalue weighted by atomic mass is 32.1. The first kappa shape index (κ1) is 21.8. The number of hydrogen-bond acceptors (Lipinski definition) is 11. The molecule has 10 nitrogen and oxygen atoms in total. The first-order valence-electron chi connectivity index (χ1n) is 7.47. The lowest BCUT2D eigenvalue weighted by molar-refractivity contribution is -0.276. The van der Waals surface area contributed by atoms with Crippen molar-refractivity contribution in [2.45, 2.75) is 57.8 Å². The number of esters is 3. The van der Waals surface area contributed by atoms with Crippen molar-refractivity contribution in [3.05, 3.63) is 0 Å². The van der Waals surface area contributed by atoms with E-state index in [1.54, 1.807) is 0 Å². The highest BCUT2D eigenvalue weighted by Gasteiger charge is 2.62. The summed E-state index contributed by atoms with van der Waals surface area (Å²) in [4.78, 5) is 50.5. The van der Waals surface area contributed by atoms with E-state index in [9.17, 15) is 24.3 Å². The van der Waals surface area contributed by atoms with Crippen LogP contribution in [0.2, 0.25) is 0 Å². The summed E-state index contributed by atoms with van der Waals surface area (Å²) in [6.45, 7) is 3.37. The zero-order chi connectivity index (χ0) is 20.1. The second-order valence-corrected chi connectivity index (χ2v) is 5.69. The van der Waals surface area contributed by atoms with E-state index >= 15 is 0 Å². The summed E-state index contributed by atoms with van der Waals surface area (Å²) in [5.41, 5.74) is -2.11. The Morgan fingerprint density at radius 1 is 1.04 bits per heavy atom. The number of ketones is 1. The molecule has 0 spiro atoms. The second-order valence-electron chi connectivity index (χ2n) is 5.51. The van der Waals surface area contributed by atoms with Gasteiger partial charge in [-0.3, -0.25) is 19.2 Å². The summed E-state index contributed by atoms with van der Waals surface area (Å²) < 4.78 is 20.9. The first-order valence-corrected chi connectivity index (χ1v) is 7.88. The van der Waals surface area contributed by atoms with E-state index in [4.69, 9.17) is 18.9 Å². The van der Waals surface area contributed by atoms with Gasteiger partial charge in [0.2, 0.25) is 0 Å². The largest absolute Gasteiger partial charge is 0.455 e. The number of hydrogen-bond donors (Lipinski definition) is 1. The van der Waals surface area contributed by atoms with Gasteiger partial charge >= 0.3 is 17.9 Å². The molecule has 0 aromatic carbocycles. The molecule has 1 heterocycles. The molecule has 1 N–H and O–H groups in total. The Morgan fingerprint density at radius 2 is 1.54 bits per heavy atom. The van der Waals surface area contributed by atoms with Crippen LogP contribution in [0.5, 0.6) is 0 Å². The highest BCUT2D eigenvalue weighted by molar-refractivity contribution is 7.78. The molecule has 144 valence electrons. The number of carbonyl (C=O) groups is 4. The average Bonchev–Trinajstić information content (AvgIpc) is 2.51. The minimum atomic E-state index is -2.11. The Hall–Kier alpha value is -2.20. The predicted octanol–water partition coefficient (Wildman–Crippen LogP) is -0.439. The van der Waals surface area contributed by atoms with Crippen molar-refractivity contribution >= 4 is 41.1 Å². The Balaban J connectivity index is 3.58. The standard InChI is InChI=1S/C15H19NO9S/c1-7(18)15(5-17)13(24-10(4)21)11(22-8(2)19)12(23-9(3)20)14(25-15)16-6-26/h11-14,17H,5H2,1-4H3/t11-,12-,13+,14-,15+/m1/s1. The maximum atomic E-state index is 12.2. The number of nitrogens with zero attached hydrogens (tertiary/aromatic N) is 1. The summed E-state index contributed by atoms with van der Waals surface area (Å²) in [6, 6.07) is 0. The molecule has 5 atom stereocenters. The molecule has 1 rings (SSSR count). The van der Waals surface area contributed by atoms with E-state index in [1.165, 1.54) is 0 Å². The van der Waals surface area contributed by atoms with Crippen LogP contribution < -0.4 is 0 Å². The third-order valence-electron chi connectivity index (χ3n) is 3.60. The number of Topliss-reactive ketones (excluding diaryl/α,β-unsaturated/α-hetero) is 1. The quantitative estimate of drug-likeness (QED) is 0.275. The van der Waals surface area contributed by atoms with Gasteiger partial charge in [0, 0.05) is 20.8 Å². The fraction of sp³-hybridized carbons (Fsp3) is 0.667. The molecule has 0 saturated carbocycles. The van der Waals surface area contributed by atoms with Gasteiger partial charge in [-0.2, -0.15) is 4.99 Å². The Labute approximate surface area is 154 Å². The van der Waals surface area contributed by atoms with Crippen molar-refractivity contribution in [3.63, 3.8) is 0 Å². The molecule has 1 aliphatic heterocycles. The maximum absolute atomic E-state index is 12.2. The van der Waals surface area contributed by atoms with Gasteiger partial charge in [0.25, 0.3) is 0 Å². The number of carbonyl (C=O) groups excluding carboxylic acids is 4. The van der Waals surface area contributed by atoms with E-state index in [2.05, 4.69) is 17.2 Å². The molecule has 11 heteroatoms. The van der Waals surface area contributed by atoms with Crippen LogP contribution in [-0.2, 0) is 38.1 Å². The molecule has 1 fully saturated rings. The number of ether oxygens (including phenoxy) is 4. The van der Waals surface area contributed by atoms with E-state index in [1.807, 2.05) is 5.16 Å². The summed E-state index contributed by atoms with van der Waals surface area (Å²) in [5, 5.41) is 11.8. The fourth-order valence-electron chi connectivity index (χ4n) is 2.60. The normalized spacial score (nSPS) is 30.5. The van der Waals surface area contributed by atoms with E-state index in [0.717, 1.165) is 27.7 Å². The van der Waals surface area contributed by atoms with E-state index < -0.39 is 60.4 Å². The van der Waals surface area contributed by atoms with Gasteiger partial charge in [0.05, 0.1) is 11.8 Å². The Kier molecular flexibility index (Phi) is 7.52. The van der Waals surface area contributed by atoms with Crippen molar-refractivity contribution in [1.29, 1.82) is 0 Å². The molecule has 0 aromatic heterocycles. The van der Waals surface area contributed by atoms with Crippen LogP contribution in [0.25, 0.3) is 0 Å². The number of aliphatic hydroxyl groups is 1. The van der Waals surface area contributed by atoms with Gasteiger partial charge in [-0.25, -0.2) is 0 Å². The number of thiocarbonyl (C=S) groups is 1. The van der Waals surface area contributed by atoms with Crippen molar-refractivity contribution < 1.29 is 43.2 Å². The third-order valence-corrected chi connectivity index (χ3v) is 3.71. The van der Waals surface area contributed by atoms with Crippen molar-refractivity contribution in [1.82, 2.24) is 0 Å². The SMILES string of the molecule is CC(=O)O[C@@H]1[C@@H](OC(C)=O)[C@H](OC(C)=O)[C@](CO)(C(C)=O)O[C@H]1N=C=S. The van der Waals surface area contributed by atoms with Crippen LogP contribution in [0.3, 0.4) is 0 Å². The van der Waals surface area contributed by atoms with Crippen LogP contribution in [0.1, 0.15) is 27.7 Å². The monoisotopic (exact) mass is 389 g/mol. The number of aliphatic imine (C=N–C) groups is 1. The lowest BCUT2D eigenvalue weighted by Crippen LogP contribution is -2.70. The van der Waals surface area contributed by atoms with Gasteiger partial charge in [-0.05, 0) is 19.1 Å². The topological polar surface area (TPSA) is 138 Å². The molecule has 0 radical (unpaired) electrons. The molecule has 0 aromatic rings. The molecule has 1 aliphatic rings. The van der Waals surface area contributed by atoms with Gasteiger partial charge in [-0.1, -0.05) is 0 Å². The lowest BCUT2D eigenvalue weighted by atomic mass is 9.83. The summed E-state index contributed by atoms with van der Waals surface area (Å²) in [5.74, 6) is -3.16. The minimum absolute atomic E-state index is 0.728. The maximum Gasteiger partial charge on any atom is 0.303 e. The zero-order valence-corrected chi connectivity index (χ0v) is 15.4. The van der Waals surface area contributed by atoms with Crippen LogP contribution in [0.15, 0.2) is 4.99 Å². The molecule has 0 aliphatic carbocycles. The smallest absolute Gasteiger partial charge is 0.303 e. The van der Waals surface area contributed by atoms with Gasteiger partial charge < -0.3 is 24.1 Å². The molecule has 0 unspecified atom stereocenters. The van der Waals surface area contributed by atoms with Gasteiger partial charge in [-0.15, -0.1) is 0 Å². The van der Waals surface area contributed by atoms with Crippen LogP contribution in [-0.4, -0.2) is 70.7 Å². The van der Waals surface area contributed by atoms with Gasteiger partial charge in [0.15, 0.2) is 35.9 Å². The van der Waals surface area contributed by atoms with Crippen LogP contribution in [0.4, 0.5) is 0 Å². The van der Waals surface area contributed by atoms with Crippen LogP contribution in [0, 0.1) is 0 Å². The fourth-order valence-corrected chi connectivity index (χ4v) is 2.71. The lowest BCUT2D eigenvalue weighted by Gasteiger charge is -2.48. The van der Waals surface area contributed by atoms with Crippen LogP contribution >= 0.6 is 12.2 Å². The average molecular weight is 389 g/mol. The Morgan fingerprint density at radius 3 is 1.92 bits per heavy atom. The molecule has 1 saturated heterocycles. The molecule has 0 bridgehead atoms. The van der Waals surface area contributed by atoms with Crippen molar-refractivity contribution in [2.24, 2.45) is 4.99 Å². The zero-order valence-electron chi connectivity index (χ0n) is 14.6. The minimum Gasteiger partial charge on any atom is -0.455 e. The molecule has 0 amide bonds. The third kappa shape index (κ3) is 4.70. The molecular weight excluding hydrogens is 370 g/mol. The summed E-state index contributed by atoms with van der Waals surface area (Å²) in [7, 11) is 0. The number of aliphatic hydroxyl groups excluding tert-OH is 1. The number of isothiocyanates is 1. The summed E-state index contributed by atoms with van der Waals surface area (Å²) >= 11 is 4.52. The number of rotatable bonds is 6. The van der Waals surface area contributed by atoms with E-state index in [0.29, 0.717) is 0 Å². The van der Waals surface area contributed by atoms with Gasteiger partial charge in [0.1, 0.15) is 0 Å². The van der Waals surface area contributed by atoms with Crippen molar-refractivity contribution in [3.8, 4) is 0 Å². The second kappa shape index (κ2) is 8.95. The Bertz CT molecular complexity index is 645. The molecule has 26 heavy (non-hydrogen) atoms. The highest BCUT2D eigenvalue weighted by Crippen LogP contribution is 2.36. The molecular formula is C15H19NO9S. The predicted molar refractivity (Wildman–Crippen MR) is 87.1 cm³/mol. The van der Waals surface area contributed by atoms with E-state index in [-0.39, 0.29) is 0 Å². The first-order chi connectivity index (χ1) is 12.1.